The van der Waals surface area contributed by atoms with Crippen LogP contribution in [-0.4, -0.2) is 22.0 Å². The SMILES string of the molecule is C[C@@H]([C@@H](N(C(C)(C)C)C(C)(C)C)C(C)(C)C)C(C)(C)C. The van der Waals surface area contributed by atoms with Crippen LogP contribution in [0.5, 0.6) is 0 Å². The van der Waals surface area contributed by atoms with Crippen molar-refractivity contribution in [3.05, 3.63) is 0 Å². The highest BCUT2D eigenvalue weighted by atomic mass is 15.3. The maximum Gasteiger partial charge on any atom is 0.0185 e. The van der Waals surface area contributed by atoms with Gasteiger partial charge in [0.2, 0.25) is 0 Å². The second-order valence-corrected chi connectivity index (χ2v) is 10.7. The zero-order valence-corrected chi connectivity index (χ0v) is 16.6. The fraction of sp³-hybridized carbons (Fsp3) is 1.00. The molecule has 0 radical (unpaired) electrons. The van der Waals surface area contributed by atoms with Crippen molar-refractivity contribution in [2.45, 2.75) is 107 Å². The van der Waals surface area contributed by atoms with Crippen LogP contribution in [0, 0.1) is 16.7 Å². The molecule has 0 rings (SSSR count). The largest absolute Gasteiger partial charge is 0.290 e. The van der Waals surface area contributed by atoms with E-state index in [4.69, 9.17) is 0 Å². The van der Waals surface area contributed by atoms with Gasteiger partial charge in [-0.15, -0.1) is 0 Å². The van der Waals surface area contributed by atoms with Gasteiger partial charge in [0.1, 0.15) is 0 Å². The summed E-state index contributed by atoms with van der Waals surface area (Å²) in [4.78, 5) is 2.75. The summed E-state index contributed by atoms with van der Waals surface area (Å²) in [6, 6.07) is 0.544. The average Bonchev–Trinajstić information content (AvgIpc) is 2.04. The molecule has 0 unspecified atom stereocenters. The molecule has 2 atom stereocenters. The molecule has 1 nitrogen and oxygen atoms in total. The molecule has 0 aliphatic carbocycles. The number of hydrogen-bond acceptors (Lipinski definition) is 1. The topological polar surface area (TPSA) is 3.24 Å². The molecule has 0 bridgehead atoms. The number of nitrogens with zero attached hydrogens (tertiary/aromatic N) is 1. The van der Waals surface area contributed by atoms with Crippen molar-refractivity contribution < 1.29 is 0 Å². The van der Waals surface area contributed by atoms with Crippen molar-refractivity contribution in [2.24, 2.45) is 16.7 Å². The first kappa shape index (κ1) is 20.0. The zero-order valence-electron chi connectivity index (χ0n) is 16.6. The van der Waals surface area contributed by atoms with Gasteiger partial charge in [0.25, 0.3) is 0 Å². The Morgan fingerprint density at radius 3 is 1.00 bits per heavy atom. The first-order chi connectivity index (χ1) is 8.40. The second-order valence-electron chi connectivity index (χ2n) is 10.7. The van der Waals surface area contributed by atoms with Gasteiger partial charge >= 0.3 is 0 Å². The Kier molecular flexibility index (Phi) is 5.62. The Labute approximate surface area is 129 Å². The van der Waals surface area contributed by atoms with Gasteiger partial charge in [-0.25, -0.2) is 0 Å². The molecule has 0 aromatic heterocycles. The van der Waals surface area contributed by atoms with E-state index in [1.165, 1.54) is 0 Å². The summed E-state index contributed by atoms with van der Waals surface area (Å²) in [5.74, 6) is 0.626. The molecule has 0 heterocycles. The van der Waals surface area contributed by atoms with Gasteiger partial charge < -0.3 is 0 Å². The van der Waals surface area contributed by atoms with E-state index in [1.54, 1.807) is 0 Å². The van der Waals surface area contributed by atoms with Crippen molar-refractivity contribution in [1.82, 2.24) is 4.90 Å². The van der Waals surface area contributed by atoms with E-state index in [0.717, 1.165) is 0 Å². The van der Waals surface area contributed by atoms with Gasteiger partial charge in [-0.3, -0.25) is 4.90 Å². The Morgan fingerprint density at radius 2 is 0.850 bits per heavy atom. The molecule has 0 spiro atoms. The van der Waals surface area contributed by atoms with Crippen LogP contribution in [0.3, 0.4) is 0 Å². The van der Waals surface area contributed by atoms with Crippen LogP contribution in [0.1, 0.15) is 90.0 Å². The summed E-state index contributed by atoms with van der Waals surface area (Å²) in [7, 11) is 0. The van der Waals surface area contributed by atoms with E-state index in [-0.39, 0.29) is 16.5 Å². The number of hydrogen-bond donors (Lipinski definition) is 0. The predicted octanol–water partition coefficient (Wildman–Crippen LogP) is 5.98. The minimum atomic E-state index is 0.162. The number of rotatable bonds is 2. The Bertz CT molecular complexity index is 287. The van der Waals surface area contributed by atoms with Crippen LogP contribution < -0.4 is 0 Å². The standard InChI is InChI=1S/C19H41N/c1-14(16(2,3)4)15(17(5,6)7)20(18(8,9)10)19(11,12)13/h14-15H,1-13H3/t14-,15+/m0/s1. The van der Waals surface area contributed by atoms with Gasteiger partial charge in [-0.1, -0.05) is 48.5 Å². The molecule has 0 saturated heterocycles. The van der Waals surface area contributed by atoms with E-state index in [2.05, 4.69) is 94.9 Å². The molecule has 0 aliphatic heterocycles. The lowest BCUT2D eigenvalue weighted by Gasteiger charge is -2.58. The van der Waals surface area contributed by atoms with Crippen molar-refractivity contribution in [1.29, 1.82) is 0 Å². The molecule has 0 aromatic rings. The second kappa shape index (κ2) is 5.63. The summed E-state index contributed by atoms with van der Waals surface area (Å²) in [5.41, 5.74) is 0.894. The minimum Gasteiger partial charge on any atom is -0.290 e. The lowest BCUT2D eigenvalue weighted by molar-refractivity contribution is -0.0881. The van der Waals surface area contributed by atoms with E-state index in [0.29, 0.717) is 17.4 Å². The Balaban J connectivity index is 5.97. The fourth-order valence-electron chi connectivity index (χ4n) is 3.68. The van der Waals surface area contributed by atoms with Crippen molar-refractivity contribution in [3.8, 4) is 0 Å². The zero-order chi connectivity index (χ0) is 16.7. The third-order valence-corrected chi connectivity index (χ3v) is 4.45. The molecule has 0 saturated carbocycles. The van der Waals surface area contributed by atoms with E-state index in [9.17, 15) is 0 Å². The van der Waals surface area contributed by atoms with Gasteiger partial charge in [0.05, 0.1) is 0 Å². The molecule has 0 aliphatic rings. The Hall–Kier alpha value is -0.0400. The van der Waals surface area contributed by atoms with Crippen LogP contribution in [0.25, 0.3) is 0 Å². The van der Waals surface area contributed by atoms with Crippen molar-refractivity contribution in [3.63, 3.8) is 0 Å². The molecule has 0 fully saturated rings. The normalized spacial score (nSPS) is 18.3. The van der Waals surface area contributed by atoms with Crippen LogP contribution in [-0.2, 0) is 0 Å². The molecular weight excluding hydrogens is 242 g/mol. The summed E-state index contributed by atoms with van der Waals surface area (Å²) < 4.78 is 0. The molecular formula is C19H41N. The van der Waals surface area contributed by atoms with E-state index >= 15 is 0 Å². The van der Waals surface area contributed by atoms with Crippen LogP contribution in [0.15, 0.2) is 0 Å². The van der Waals surface area contributed by atoms with E-state index < -0.39 is 0 Å². The third kappa shape index (κ3) is 5.06. The molecule has 0 N–H and O–H groups in total. The average molecular weight is 284 g/mol. The molecule has 0 aromatic carbocycles. The van der Waals surface area contributed by atoms with Gasteiger partial charge in [0, 0.05) is 17.1 Å². The van der Waals surface area contributed by atoms with Gasteiger partial charge in [-0.05, 0) is 58.3 Å². The smallest absolute Gasteiger partial charge is 0.0185 e. The highest BCUT2D eigenvalue weighted by molar-refractivity contribution is 5.00. The first-order valence-corrected chi connectivity index (χ1v) is 8.19. The summed E-state index contributed by atoms with van der Waals surface area (Å²) in [5, 5.41) is 0. The molecule has 1 heteroatoms. The monoisotopic (exact) mass is 283 g/mol. The molecule has 122 valence electrons. The predicted molar refractivity (Wildman–Crippen MR) is 93.2 cm³/mol. The summed E-state index contributed by atoms with van der Waals surface area (Å²) in [6.07, 6.45) is 0. The highest BCUT2D eigenvalue weighted by Gasteiger charge is 2.46. The maximum absolute atomic E-state index is 2.75. The lowest BCUT2D eigenvalue weighted by atomic mass is 9.66. The lowest BCUT2D eigenvalue weighted by Crippen LogP contribution is -2.64. The summed E-state index contributed by atoms with van der Waals surface area (Å²) in [6.45, 7) is 30.9. The van der Waals surface area contributed by atoms with Crippen LogP contribution in [0.4, 0.5) is 0 Å². The molecule has 20 heavy (non-hydrogen) atoms. The quantitative estimate of drug-likeness (QED) is 0.602. The molecule has 0 amide bonds. The van der Waals surface area contributed by atoms with E-state index in [1.807, 2.05) is 0 Å². The fourth-order valence-corrected chi connectivity index (χ4v) is 3.68. The maximum atomic E-state index is 2.75. The third-order valence-electron chi connectivity index (χ3n) is 4.45. The minimum absolute atomic E-state index is 0.162. The Morgan fingerprint density at radius 1 is 0.550 bits per heavy atom. The van der Waals surface area contributed by atoms with Crippen LogP contribution in [0.2, 0.25) is 0 Å². The van der Waals surface area contributed by atoms with Crippen LogP contribution >= 0.6 is 0 Å². The van der Waals surface area contributed by atoms with Crippen molar-refractivity contribution in [2.75, 3.05) is 0 Å². The first-order valence-electron chi connectivity index (χ1n) is 8.19. The van der Waals surface area contributed by atoms with Gasteiger partial charge in [0.15, 0.2) is 0 Å². The van der Waals surface area contributed by atoms with Crippen molar-refractivity contribution >= 4 is 0 Å². The summed E-state index contributed by atoms with van der Waals surface area (Å²) >= 11 is 0. The van der Waals surface area contributed by atoms with Gasteiger partial charge in [-0.2, -0.15) is 0 Å². The highest BCUT2D eigenvalue weighted by Crippen LogP contribution is 2.44.